The number of hydrogen-bond donors (Lipinski definition) is 1. The maximum Gasteiger partial charge on any atom is 0.357 e. The Balaban J connectivity index is 2.33. The Bertz CT molecular complexity index is 731. The van der Waals surface area contributed by atoms with Crippen LogP contribution in [0.3, 0.4) is 0 Å². The van der Waals surface area contributed by atoms with Crippen LogP contribution in [0.15, 0.2) is 36.7 Å². The predicted molar refractivity (Wildman–Crippen MR) is 69.6 cm³/mol. The number of benzene rings is 1. The van der Waals surface area contributed by atoms with E-state index in [0.29, 0.717) is 12.3 Å². The summed E-state index contributed by atoms with van der Waals surface area (Å²) in [5.41, 5.74) is 1.36. The van der Waals surface area contributed by atoms with Gasteiger partial charge in [-0.25, -0.2) is 9.78 Å². The van der Waals surface area contributed by atoms with Crippen LogP contribution in [0.5, 0.6) is 0 Å². The van der Waals surface area contributed by atoms with E-state index in [2.05, 4.69) is 9.97 Å². The van der Waals surface area contributed by atoms with E-state index in [1.165, 1.54) is 0 Å². The van der Waals surface area contributed by atoms with Crippen molar-refractivity contribution in [2.24, 2.45) is 0 Å². The van der Waals surface area contributed by atoms with Crippen molar-refractivity contribution >= 4 is 27.6 Å². The van der Waals surface area contributed by atoms with Gasteiger partial charge in [0, 0.05) is 34.1 Å². The second-order valence-corrected chi connectivity index (χ2v) is 3.99. The van der Waals surface area contributed by atoms with E-state index < -0.39 is 0 Å². The fraction of sp³-hybridized carbons (Fsp3) is 0.143. The highest BCUT2D eigenvalue weighted by Crippen LogP contribution is 2.27. The predicted octanol–water partition coefficient (Wildman–Crippen LogP) is 2.89. The van der Waals surface area contributed by atoms with Gasteiger partial charge in [-0.05, 0) is 19.1 Å². The van der Waals surface area contributed by atoms with Gasteiger partial charge in [0.15, 0.2) is 5.69 Å². The van der Waals surface area contributed by atoms with Crippen LogP contribution in [0.25, 0.3) is 21.7 Å². The van der Waals surface area contributed by atoms with Crippen LogP contribution < -0.4 is 0 Å². The number of ether oxygens (including phenoxy) is 1. The maximum atomic E-state index is 11.9. The number of aromatic nitrogens is 2. The molecule has 4 heteroatoms. The van der Waals surface area contributed by atoms with Gasteiger partial charge in [-0.2, -0.15) is 0 Å². The topological polar surface area (TPSA) is 55.0 Å². The summed E-state index contributed by atoms with van der Waals surface area (Å²) in [6.07, 6.45) is 3.56. The Morgan fingerprint density at radius 2 is 2.28 bits per heavy atom. The molecule has 2 heterocycles. The van der Waals surface area contributed by atoms with Crippen LogP contribution in [-0.4, -0.2) is 22.5 Å². The Hall–Kier alpha value is -2.36. The summed E-state index contributed by atoms with van der Waals surface area (Å²) in [6.45, 7) is 2.14. The average Bonchev–Trinajstić information content (AvgIpc) is 2.83. The van der Waals surface area contributed by atoms with Gasteiger partial charge in [-0.1, -0.05) is 12.1 Å². The van der Waals surface area contributed by atoms with Crippen LogP contribution >= 0.6 is 0 Å². The molecule has 0 aliphatic carbocycles. The zero-order valence-corrected chi connectivity index (χ0v) is 9.93. The molecule has 2 aromatic heterocycles. The molecule has 0 aliphatic rings. The van der Waals surface area contributed by atoms with Crippen molar-refractivity contribution in [2.45, 2.75) is 6.92 Å². The highest BCUT2D eigenvalue weighted by Gasteiger charge is 2.16. The number of aromatic amines is 1. The molecule has 0 bridgehead atoms. The SMILES string of the molecule is CCOC(=O)c1ncc2ccc3[nH]cccc3c12. The van der Waals surface area contributed by atoms with E-state index >= 15 is 0 Å². The summed E-state index contributed by atoms with van der Waals surface area (Å²) < 4.78 is 5.03. The fourth-order valence-corrected chi connectivity index (χ4v) is 2.14. The molecule has 0 saturated heterocycles. The highest BCUT2D eigenvalue weighted by molar-refractivity contribution is 6.15. The minimum absolute atomic E-state index is 0.351. The van der Waals surface area contributed by atoms with Crippen LogP contribution in [-0.2, 0) is 4.74 Å². The van der Waals surface area contributed by atoms with Gasteiger partial charge in [0.05, 0.1) is 6.61 Å². The standard InChI is InChI=1S/C14H12N2O2/c1-2-18-14(17)13-12-9(8-16-13)5-6-11-10(12)4-3-7-15-11/h3-8,15H,2H2,1H3. The first-order chi connectivity index (χ1) is 8.81. The minimum atomic E-state index is -0.371. The van der Waals surface area contributed by atoms with Crippen molar-refractivity contribution in [3.8, 4) is 0 Å². The van der Waals surface area contributed by atoms with Gasteiger partial charge in [-0.15, -0.1) is 0 Å². The lowest BCUT2D eigenvalue weighted by Crippen LogP contribution is -2.05. The van der Waals surface area contributed by atoms with Crippen molar-refractivity contribution in [3.63, 3.8) is 0 Å². The molecular weight excluding hydrogens is 228 g/mol. The zero-order valence-electron chi connectivity index (χ0n) is 9.93. The van der Waals surface area contributed by atoms with Gasteiger partial charge in [-0.3, -0.25) is 0 Å². The van der Waals surface area contributed by atoms with E-state index in [4.69, 9.17) is 4.74 Å². The molecule has 3 aromatic rings. The number of rotatable bonds is 2. The third-order valence-electron chi connectivity index (χ3n) is 2.91. The molecule has 0 atom stereocenters. The third-order valence-corrected chi connectivity index (χ3v) is 2.91. The van der Waals surface area contributed by atoms with Crippen molar-refractivity contribution in [1.82, 2.24) is 9.97 Å². The maximum absolute atomic E-state index is 11.9. The smallest absolute Gasteiger partial charge is 0.357 e. The van der Waals surface area contributed by atoms with Gasteiger partial charge in [0.2, 0.25) is 0 Å². The molecule has 0 fully saturated rings. The fourth-order valence-electron chi connectivity index (χ4n) is 2.14. The molecule has 3 rings (SSSR count). The number of nitrogens with one attached hydrogen (secondary N) is 1. The molecule has 90 valence electrons. The lowest BCUT2D eigenvalue weighted by atomic mass is 10.1. The molecule has 0 saturated carbocycles. The molecule has 1 aromatic carbocycles. The first kappa shape index (κ1) is 10.8. The Morgan fingerprint density at radius 3 is 3.11 bits per heavy atom. The largest absolute Gasteiger partial charge is 0.461 e. The van der Waals surface area contributed by atoms with Crippen LogP contribution in [0.1, 0.15) is 17.4 Å². The normalized spacial score (nSPS) is 10.9. The second-order valence-electron chi connectivity index (χ2n) is 3.99. The quantitative estimate of drug-likeness (QED) is 0.701. The molecule has 0 amide bonds. The van der Waals surface area contributed by atoms with E-state index in [9.17, 15) is 4.79 Å². The number of pyridine rings is 1. The van der Waals surface area contributed by atoms with Crippen LogP contribution in [0, 0.1) is 0 Å². The van der Waals surface area contributed by atoms with Crippen LogP contribution in [0.4, 0.5) is 0 Å². The number of carbonyl (C=O) groups is 1. The lowest BCUT2D eigenvalue weighted by molar-refractivity contribution is 0.0522. The second kappa shape index (κ2) is 4.14. The summed E-state index contributed by atoms with van der Waals surface area (Å²) in [5, 5.41) is 2.78. The molecule has 0 unspecified atom stereocenters. The summed E-state index contributed by atoms with van der Waals surface area (Å²) in [5.74, 6) is -0.371. The lowest BCUT2D eigenvalue weighted by Gasteiger charge is -2.02. The summed E-state index contributed by atoms with van der Waals surface area (Å²) >= 11 is 0. The molecule has 18 heavy (non-hydrogen) atoms. The van der Waals surface area contributed by atoms with Gasteiger partial charge < -0.3 is 9.72 Å². The van der Waals surface area contributed by atoms with E-state index in [-0.39, 0.29) is 5.97 Å². The minimum Gasteiger partial charge on any atom is -0.461 e. The number of H-pyrrole nitrogens is 1. The van der Waals surface area contributed by atoms with Crippen LogP contribution in [0.2, 0.25) is 0 Å². The first-order valence-corrected chi connectivity index (χ1v) is 5.83. The van der Waals surface area contributed by atoms with E-state index in [1.807, 2.05) is 30.5 Å². The molecule has 4 nitrogen and oxygen atoms in total. The van der Waals surface area contributed by atoms with Gasteiger partial charge >= 0.3 is 5.97 Å². The molecular formula is C14H12N2O2. The van der Waals surface area contributed by atoms with Crippen molar-refractivity contribution in [3.05, 3.63) is 42.4 Å². The van der Waals surface area contributed by atoms with Crippen molar-refractivity contribution in [1.29, 1.82) is 0 Å². The third kappa shape index (κ3) is 1.54. The molecule has 1 N–H and O–H groups in total. The number of carbonyl (C=O) groups excluding carboxylic acids is 1. The first-order valence-electron chi connectivity index (χ1n) is 5.83. The Labute approximate surface area is 104 Å². The summed E-state index contributed by atoms with van der Waals surface area (Å²) in [7, 11) is 0. The highest BCUT2D eigenvalue weighted by atomic mass is 16.5. The number of nitrogens with zero attached hydrogens (tertiary/aromatic N) is 1. The van der Waals surface area contributed by atoms with E-state index in [0.717, 1.165) is 21.7 Å². The molecule has 0 radical (unpaired) electrons. The number of fused-ring (bicyclic) bond motifs is 3. The molecule has 0 spiro atoms. The molecule has 0 aliphatic heterocycles. The van der Waals surface area contributed by atoms with Crippen molar-refractivity contribution in [2.75, 3.05) is 6.61 Å². The van der Waals surface area contributed by atoms with Crippen molar-refractivity contribution < 1.29 is 9.53 Å². The van der Waals surface area contributed by atoms with E-state index in [1.54, 1.807) is 13.1 Å². The monoisotopic (exact) mass is 240 g/mol. The Kier molecular flexibility index (Phi) is 2.48. The van der Waals surface area contributed by atoms with Gasteiger partial charge in [0.1, 0.15) is 0 Å². The zero-order chi connectivity index (χ0) is 12.5. The summed E-state index contributed by atoms with van der Waals surface area (Å²) in [6, 6.07) is 7.81. The number of esters is 1. The Morgan fingerprint density at radius 1 is 1.39 bits per heavy atom. The average molecular weight is 240 g/mol. The summed E-state index contributed by atoms with van der Waals surface area (Å²) in [4.78, 5) is 19.2. The number of hydrogen-bond acceptors (Lipinski definition) is 3. The van der Waals surface area contributed by atoms with Gasteiger partial charge in [0.25, 0.3) is 0 Å².